The van der Waals surface area contributed by atoms with Gasteiger partial charge in [0.25, 0.3) is 5.91 Å². The standard InChI is InChI=1S/C26H27FN4O5/c1-4-36-24(33)20-13-21-23(32)30(15-18-10-5-7-11-19(18)27)26(2,16-31(21)29-20)25(34)28-14-17-9-6-8-12-22(17)35-3/h5-13H,4,14-16H2,1-3H3,(H,28,34)/t26-/m1/s1. The zero-order valence-corrected chi connectivity index (χ0v) is 20.3. The number of carbonyl (C=O) groups excluding carboxylic acids is 3. The number of halogens is 1. The highest BCUT2D eigenvalue weighted by Crippen LogP contribution is 2.30. The molecule has 0 fully saturated rings. The highest BCUT2D eigenvalue weighted by Gasteiger charge is 2.48. The number of esters is 1. The smallest absolute Gasteiger partial charge is 0.358 e. The van der Waals surface area contributed by atoms with Crippen LogP contribution in [0.5, 0.6) is 5.75 Å². The Labute approximate surface area is 207 Å². The molecular weight excluding hydrogens is 467 g/mol. The van der Waals surface area contributed by atoms with Gasteiger partial charge in [0, 0.05) is 23.7 Å². The minimum atomic E-state index is -1.44. The van der Waals surface area contributed by atoms with Crippen LogP contribution in [0.25, 0.3) is 0 Å². The minimum absolute atomic E-state index is 0.0373. The maximum absolute atomic E-state index is 14.5. The average Bonchev–Trinajstić information content (AvgIpc) is 3.30. The number of amides is 2. The van der Waals surface area contributed by atoms with Gasteiger partial charge in [-0.25, -0.2) is 9.18 Å². The fourth-order valence-electron chi connectivity index (χ4n) is 4.21. The van der Waals surface area contributed by atoms with Crippen molar-refractivity contribution in [1.82, 2.24) is 20.0 Å². The summed E-state index contributed by atoms with van der Waals surface area (Å²) in [5.74, 6) is -1.57. The summed E-state index contributed by atoms with van der Waals surface area (Å²) >= 11 is 0. The number of hydrogen-bond acceptors (Lipinski definition) is 6. The lowest BCUT2D eigenvalue weighted by Gasteiger charge is -2.43. The minimum Gasteiger partial charge on any atom is -0.496 e. The van der Waals surface area contributed by atoms with Crippen LogP contribution in [-0.2, 0) is 29.2 Å². The number of fused-ring (bicyclic) bond motifs is 1. The maximum Gasteiger partial charge on any atom is 0.358 e. The highest BCUT2D eigenvalue weighted by atomic mass is 19.1. The van der Waals surface area contributed by atoms with Crippen LogP contribution in [-0.4, -0.2) is 51.7 Å². The van der Waals surface area contributed by atoms with Gasteiger partial charge in [-0.1, -0.05) is 36.4 Å². The number of carbonyl (C=O) groups is 3. The number of nitrogens with one attached hydrogen (secondary N) is 1. The summed E-state index contributed by atoms with van der Waals surface area (Å²) in [4.78, 5) is 40.8. The SMILES string of the molecule is CCOC(=O)c1cc2n(n1)C[C@](C)(C(=O)NCc1ccccc1OC)N(Cc1ccccc1F)C2=O. The Hall–Kier alpha value is -4.21. The molecule has 2 heterocycles. The first-order chi connectivity index (χ1) is 17.3. The first kappa shape index (κ1) is 24.9. The van der Waals surface area contributed by atoms with Crippen LogP contribution in [0.3, 0.4) is 0 Å². The zero-order valence-electron chi connectivity index (χ0n) is 20.3. The Morgan fingerprint density at radius 3 is 2.53 bits per heavy atom. The van der Waals surface area contributed by atoms with E-state index in [1.54, 1.807) is 38.1 Å². The van der Waals surface area contributed by atoms with Crippen molar-refractivity contribution in [2.24, 2.45) is 0 Å². The Morgan fingerprint density at radius 2 is 1.83 bits per heavy atom. The first-order valence-electron chi connectivity index (χ1n) is 11.5. The van der Waals surface area contributed by atoms with Crippen molar-refractivity contribution in [1.29, 1.82) is 0 Å². The van der Waals surface area contributed by atoms with E-state index in [1.807, 2.05) is 18.2 Å². The molecule has 0 unspecified atom stereocenters. The lowest BCUT2D eigenvalue weighted by Crippen LogP contribution is -2.63. The van der Waals surface area contributed by atoms with E-state index in [0.717, 1.165) is 5.56 Å². The van der Waals surface area contributed by atoms with Crippen molar-refractivity contribution in [3.05, 3.63) is 82.9 Å². The second kappa shape index (κ2) is 10.2. The molecule has 1 N–H and O–H groups in total. The monoisotopic (exact) mass is 494 g/mol. The van der Waals surface area contributed by atoms with Gasteiger partial charge < -0.3 is 19.7 Å². The molecule has 36 heavy (non-hydrogen) atoms. The summed E-state index contributed by atoms with van der Waals surface area (Å²) in [7, 11) is 1.54. The Morgan fingerprint density at radius 1 is 1.14 bits per heavy atom. The van der Waals surface area contributed by atoms with E-state index in [2.05, 4.69) is 10.4 Å². The van der Waals surface area contributed by atoms with E-state index in [1.165, 1.54) is 28.8 Å². The van der Waals surface area contributed by atoms with Crippen molar-refractivity contribution in [2.45, 2.75) is 39.0 Å². The fourth-order valence-corrected chi connectivity index (χ4v) is 4.21. The van der Waals surface area contributed by atoms with Crippen LogP contribution in [0.2, 0.25) is 0 Å². The van der Waals surface area contributed by atoms with Crippen molar-refractivity contribution < 1.29 is 28.2 Å². The van der Waals surface area contributed by atoms with Crippen LogP contribution >= 0.6 is 0 Å². The Kier molecular flexibility index (Phi) is 7.05. The quantitative estimate of drug-likeness (QED) is 0.483. The summed E-state index contributed by atoms with van der Waals surface area (Å²) in [6.07, 6.45) is 0. The Balaban J connectivity index is 1.69. The van der Waals surface area contributed by atoms with Gasteiger partial charge >= 0.3 is 5.97 Å². The molecule has 0 radical (unpaired) electrons. The molecule has 188 valence electrons. The third-order valence-corrected chi connectivity index (χ3v) is 6.19. The number of nitrogens with zero attached hydrogens (tertiary/aromatic N) is 3. The van der Waals surface area contributed by atoms with E-state index >= 15 is 0 Å². The van der Waals surface area contributed by atoms with E-state index in [-0.39, 0.29) is 43.2 Å². The molecule has 1 aromatic heterocycles. The number of aromatic nitrogens is 2. The lowest BCUT2D eigenvalue weighted by atomic mass is 9.94. The Bertz CT molecular complexity index is 1310. The number of para-hydroxylation sites is 1. The second-order valence-corrected chi connectivity index (χ2v) is 8.54. The molecule has 4 rings (SSSR count). The van der Waals surface area contributed by atoms with Gasteiger partial charge in [0.15, 0.2) is 5.69 Å². The van der Waals surface area contributed by atoms with Gasteiger partial charge in [0.2, 0.25) is 5.91 Å². The molecule has 1 atom stereocenters. The van der Waals surface area contributed by atoms with E-state index in [9.17, 15) is 18.8 Å². The second-order valence-electron chi connectivity index (χ2n) is 8.54. The molecule has 3 aromatic rings. The first-order valence-corrected chi connectivity index (χ1v) is 11.5. The van der Waals surface area contributed by atoms with Gasteiger partial charge in [0.05, 0.1) is 26.8 Å². The molecule has 2 aromatic carbocycles. The molecule has 1 aliphatic heterocycles. The molecule has 0 aliphatic carbocycles. The van der Waals surface area contributed by atoms with Gasteiger partial charge in [0.1, 0.15) is 22.8 Å². The summed E-state index contributed by atoms with van der Waals surface area (Å²) in [5.41, 5.74) is -0.349. The van der Waals surface area contributed by atoms with Gasteiger partial charge in [-0.15, -0.1) is 0 Å². The molecule has 0 spiro atoms. The van der Waals surface area contributed by atoms with Crippen LogP contribution < -0.4 is 10.1 Å². The average molecular weight is 495 g/mol. The summed E-state index contributed by atoms with van der Waals surface area (Å²) in [6.45, 7) is 3.37. The predicted octanol–water partition coefficient (Wildman–Crippen LogP) is 2.94. The van der Waals surface area contributed by atoms with Gasteiger partial charge in [-0.05, 0) is 26.0 Å². The van der Waals surface area contributed by atoms with Crippen molar-refractivity contribution >= 4 is 17.8 Å². The molecule has 10 heteroatoms. The van der Waals surface area contributed by atoms with E-state index in [4.69, 9.17) is 9.47 Å². The van der Waals surface area contributed by atoms with E-state index < -0.39 is 29.1 Å². The highest BCUT2D eigenvalue weighted by molar-refractivity contribution is 6.01. The van der Waals surface area contributed by atoms with E-state index in [0.29, 0.717) is 5.75 Å². The third kappa shape index (κ3) is 4.66. The molecule has 0 saturated carbocycles. The molecular formula is C26H27FN4O5. The number of methoxy groups -OCH3 is 1. The topological polar surface area (TPSA) is 103 Å². The van der Waals surface area contributed by atoms with Crippen LogP contribution in [0, 0.1) is 5.82 Å². The number of ether oxygens (including phenoxy) is 2. The molecule has 0 bridgehead atoms. The van der Waals surface area contributed by atoms with Crippen LogP contribution in [0.15, 0.2) is 54.6 Å². The molecule has 0 saturated heterocycles. The van der Waals surface area contributed by atoms with Gasteiger partial charge in [-0.3, -0.25) is 14.3 Å². The van der Waals surface area contributed by atoms with Crippen LogP contribution in [0.4, 0.5) is 4.39 Å². The summed E-state index contributed by atoms with van der Waals surface area (Å²) in [5, 5.41) is 7.10. The lowest BCUT2D eigenvalue weighted by molar-refractivity contribution is -0.133. The van der Waals surface area contributed by atoms with Crippen molar-refractivity contribution in [2.75, 3.05) is 13.7 Å². The number of hydrogen-bond donors (Lipinski definition) is 1. The normalized spacial score (nSPS) is 16.9. The summed E-state index contributed by atoms with van der Waals surface area (Å²) in [6, 6.07) is 14.7. The zero-order chi connectivity index (χ0) is 25.9. The van der Waals surface area contributed by atoms with Crippen molar-refractivity contribution in [3.63, 3.8) is 0 Å². The van der Waals surface area contributed by atoms with Crippen molar-refractivity contribution in [3.8, 4) is 5.75 Å². The largest absolute Gasteiger partial charge is 0.496 e. The number of benzene rings is 2. The molecule has 2 amide bonds. The molecule has 9 nitrogen and oxygen atoms in total. The maximum atomic E-state index is 14.5. The molecule has 1 aliphatic rings. The number of rotatable bonds is 8. The fraction of sp³-hybridized carbons (Fsp3) is 0.308. The summed E-state index contributed by atoms with van der Waals surface area (Å²) < 4.78 is 26.2. The van der Waals surface area contributed by atoms with Gasteiger partial charge in [-0.2, -0.15) is 5.10 Å². The predicted molar refractivity (Wildman–Crippen MR) is 128 cm³/mol. The third-order valence-electron chi connectivity index (χ3n) is 6.19. The van der Waals surface area contributed by atoms with Crippen LogP contribution in [0.1, 0.15) is 46.0 Å².